The molecule has 0 bridgehead atoms. The molecular formula is C14H19N3OS. The van der Waals surface area contributed by atoms with Gasteiger partial charge in [-0.1, -0.05) is 18.2 Å². The van der Waals surface area contributed by atoms with E-state index in [9.17, 15) is 4.21 Å². The van der Waals surface area contributed by atoms with Crippen LogP contribution in [0, 0.1) is 0 Å². The smallest absolute Gasteiger partial charge is 0.0575 e. The van der Waals surface area contributed by atoms with Gasteiger partial charge >= 0.3 is 0 Å². The molecule has 4 nitrogen and oxygen atoms in total. The molecule has 19 heavy (non-hydrogen) atoms. The Labute approximate surface area is 116 Å². The van der Waals surface area contributed by atoms with Crippen molar-refractivity contribution in [3.8, 4) is 0 Å². The molecule has 1 aromatic heterocycles. The molecule has 0 saturated carbocycles. The molecule has 0 saturated heterocycles. The van der Waals surface area contributed by atoms with Crippen molar-refractivity contribution in [2.45, 2.75) is 25.8 Å². The lowest BCUT2D eigenvalue weighted by atomic mass is 10.2. The third-order valence-corrected chi connectivity index (χ3v) is 3.66. The Kier molecular flexibility index (Phi) is 4.74. The monoisotopic (exact) mass is 277 g/mol. The third kappa shape index (κ3) is 3.67. The van der Waals surface area contributed by atoms with Crippen LogP contribution in [-0.2, 0) is 29.6 Å². The Balaban J connectivity index is 2.09. The SMILES string of the molecule is CCn1nccc1CNc1ccccc1C[S@](C)=O. The Morgan fingerprint density at radius 3 is 2.84 bits per heavy atom. The first-order valence-electron chi connectivity index (χ1n) is 6.33. The first-order valence-corrected chi connectivity index (χ1v) is 8.06. The standard InChI is InChI=1S/C14H19N3OS/c1-3-17-13(8-9-16-17)10-15-14-7-5-4-6-12(14)11-19(2)18/h4-9,15H,3,10-11H2,1-2H3/t19-/m0/s1. The van der Waals surface area contributed by atoms with E-state index in [1.165, 1.54) is 0 Å². The molecule has 0 spiro atoms. The summed E-state index contributed by atoms with van der Waals surface area (Å²) < 4.78 is 13.3. The molecule has 0 fully saturated rings. The molecule has 2 rings (SSSR count). The Hall–Kier alpha value is -1.62. The molecule has 1 heterocycles. The highest BCUT2D eigenvalue weighted by Gasteiger charge is 2.05. The van der Waals surface area contributed by atoms with Gasteiger partial charge in [0, 0.05) is 35.5 Å². The van der Waals surface area contributed by atoms with Gasteiger partial charge in [-0.3, -0.25) is 8.89 Å². The molecule has 1 N–H and O–H groups in total. The van der Waals surface area contributed by atoms with Gasteiger partial charge in [-0.05, 0) is 24.6 Å². The van der Waals surface area contributed by atoms with Crippen molar-refractivity contribution in [1.29, 1.82) is 0 Å². The van der Waals surface area contributed by atoms with Crippen LogP contribution < -0.4 is 5.32 Å². The number of nitrogens with one attached hydrogen (secondary N) is 1. The van der Waals surface area contributed by atoms with E-state index in [4.69, 9.17) is 0 Å². The quantitative estimate of drug-likeness (QED) is 0.882. The minimum Gasteiger partial charge on any atom is -0.379 e. The summed E-state index contributed by atoms with van der Waals surface area (Å²) in [6.45, 7) is 3.66. The summed E-state index contributed by atoms with van der Waals surface area (Å²) >= 11 is 0. The van der Waals surface area contributed by atoms with Gasteiger partial charge in [-0.15, -0.1) is 0 Å². The number of hydrogen-bond acceptors (Lipinski definition) is 3. The van der Waals surface area contributed by atoms with Gasteiger partial charge < -0.3 is 5.32 Å². The number of nitrogens with zero attached hydrogens (tertiary/aromatic N) is 2. The van der Waals surface area contributed by atoms with E-state index < -0.39 is 10.8 Å². The van der Waals surface area contributed by atoms with Gasteiger partial charge in [0.2, 0.25) is 0 Å². The minimum absolute atomic E-state index is 0.580. The number of aryl methyl sites for hydroxylation is 1. The summed E-state index contributed by atoms with van der Waals surface area (Å²) in [6.07, 6.45) is 3.54. The highest BCUT2D eigenvalue weighted by molar-refractivity contribution is 7.83. The fourth-order valence-electron chi connectivity index (χ4n) is 2.02. The number of hydrogen-bond donors (Lipinski definition) is 1. The normalized spacial score (nSPS) is 12.3. The van der Waals surface area contributed by atoms with Gasteiger partial charge in [0.1, 0.15) is 0 Å². The van der Waals surface area contributed by atoms with Crippen molar-refractivity contribution in [1.82, 2.24) is 9.78 Å². The maximum atomic E-state index is 11.4. The second kappa shape index (κ2) is 6.52. The number of anilines is 1. The van der Waals surface area contributed by atoms with Crippen LogP contribution in [0.3, 0.4) is 0 Å². The summed E-state index contributed by atoms with van der Waals surface area (Å²) in [5.41, 5.74) is 3.28. The highest BCUT2D eigenvalue weighted by atomic mass is 32.2. The number of aromatic nitrogens is 2. The molecule has 0 aliphatic rings. The van der Waals surface area contributed by atoms with Crippen molar-refractivity contribution in [3.63, 3.8) is 0 Å². The van der Waals surface area contributed by atoms with Crippen LogP contribution in [0.15, 0.2) is 36.5 Å². The van der Waals surface area contributed by atoms with Crippen molar-refractivity contribution >= 4 is 16.5 Å². The molecule has 5 heteroatoms. The maximum absolute atomic E-state index is 11.4. The predicted octanol–water partition coefficient (Wildman–Crippen LogP) is 2.39. The lowest BCUT2D eigenvalue weighted by molar-refractivity contribution is 0.627. The second-order valence-electron chi connectivity index (χ2n) is 4.37. The van der Waals surface area contributed by atoms with Crippen LogP contribution in [0.25, 0.3) is 0 Å². The van der Waals surface area contributed by atoms with Crippen LogP contribution in [0.4, 0.5) is 5.69 Å². The molecule has 1 aromatic carbocycles. The van der Waals surface area contributed by atoms with E-state index in [0.717, 1.165) is 30.0 Å². The van der Waals surface area contributed by atoms with Gasteiger partial charge in [0.15, 0.2) is 0 Å². The fraction of sp³-hybridized carbons (Fsp3) is 0.357. The average Bonchev–Trinajstić information content (AvgIpc) is 2.84. The van der Waals surface area contributed by atoms with Gasteiger partial charge in [0.25, 0.3) is 0 Å². The zero-order valence-corrected chi connectivity index (χ0v) is 12.1. The minimum atomic E-state index is -0.831. The Bertz CT molecular complexity index is 565. The molecule has 1 atom stereocenters. The molecule has 0 aliphatic carbocycles. The molecule has 0 radical (unpaired) electrons. The summed E-state index contributed by atoms with van der Waals surface area (Å²) in [4.78, 5) is 0. The van der Waals surface area contributed by atoms with Crippen LogP contribution in [0.5, 0.6) is 0 Å². The topological polar surface area (TPSA) is 46.9 Å². The summed E-state index contributed by atoms with van der Waals surface area (Å²) in [6, 6.07) is 10.0. The molecule has 0 unspecified atom stereocenters. The Morgan fingerprint density at radius 2 is 2.11 bits per heavy atom. The summed E-state index contributed by atoms with van der Waals surface area (Å²) in [5, 5.41) is 7.65. The second-order valence-corrected chi connectivity index (χ2v) is 5.80. The first kappa shape index (κ1) is 13.8. The van der Waals surface area contributed by atoms with E-state index in [0.29, 0.717) is 5.75 Å². The summed E-state index contributed by atoms with van der Waals surface area (Å²) in [5.74, 6) is 0.580. The Morgan fingerprint density at radius 1 is 1.32 bits per heavy atom. The zero-order chi connectivity index (χ0) is 13.7. The van der Waals surface area contributed by atoms with Crippen molar-refractivity contribution in [3.05, 3.63) is 47.8 Å². The fourth-order valence-corrected chi connectivity index (χ4v) is 2.71. The van der Waals surface area contributed by atoms with E-state index in [1.54, 1.807) is 6.26 Å². The molecule has 0 amide bonds. The molecule has 102 valence electrons. The average molecular weight is 277 g/mol. The number of rotatable bonds is 6. The van der Waals surface area contributed by atoms with Crippen molar-refractivity contribution in [2.24, 2.45) is 0 Å². The lowest BCUT2D eigenvalue weighted by Gasteiger charge is -2.12. The number of benzene rings is 1. The first-order chi connectivity index (χ1) is 9.20. The largest absolute Gasteiger partial charge is 0.379 e. The number of para-hydroxylation sites is 1. The van der Waals surface area contributed by atoms with Crippen LogP contribution in [-0.4, -0.2) is 20.2 Å². The van der Waals surface area contributed by atoms with Crippen molar-refractivity contribution < 1.29 is 4.21 Å². The van der Waals surface area contributed by atoms with E-state index in [-0.39, 0.29) is 0 Å². The third-order valence-electron chi connectivity index (χ3n) is 2.94. The summed E-state index contributed by atoms with van der Waals surface area (Å²) in [7, 11) is -0.831. The van der Waals surface area contributed by atoms with E-state index in [2.05, 4.69) is 17.3 Å². The zero-order valence-electron chi connectivity index (χ0n) is 11.3. The van der Waals surface area contributed by atoms with Gasteiger partial charge in [-0.2, -0.15) is 5.10 Å². The van der Waals surface area contributed by atoms with E-state index >= 15 is 0 Å². The van der Waals surface area contributed by atoms with Crippen LogP contribution in [0.1, 0.15) is 18.2 Å². The molecule has 2 aromatic rings. The van der Waals surface area contributed by atoms with Crippen LogP contribution in [0.2, 0.25) is 0 Å². The molecular weight excluding hydrogens is 258 g/mol. The van der Waals surface area contributed by atoms with Gasteiger partial charge in [-0.25, -0.2) is 0 Å². The van der Waals surface area contributed by atoms with E-state index in [1.807, 2.05) is 41.2 Å². The lowest BCUT2D eigenvalue weighted by Crippen LogP contribution is -2.09. The highest BCUT2D eigenvalue weighted by Crippen LogP contribution is 2.17. The molecule has 0 aliphatic heterocycles. The van der Waals surface area contributed by atoms with Crippen molar-refractivity contribution in [2.75, 3.05) is 11.6 Å². The predicted molar refractivity (Wildman–Crippen MR) is 79.4 cm³/mol. The van der Waals surface area contributed by atoms with Gasteiger partial charge in [0.05, 0.1) is 18.0 Å². The maximum Gasteiger partial charge on any atom is 0.0575 e. The van der Waals surface area contributed by atoms with Crippen LogP contribution >= 0.6 is 0 Å².